The average molecular weight is 291 g/mol. The van der Waals surface area contributed by atoms with Gasteiger partial charge in [0.1, 0.15) is 5.75 Å². The van der Waals surface area contributed by atoms with Gasteiger partial charge in [-0.15, -0.1) is 11.3 Å². The highest BCUT2D eigenvalue weighted by molar-refractivity contribution is 7.15. The highest BCUT2D eigenvalue weighted by Gasteiger charge is 2.18. The number of benzene rings is 1. The van der Waals surface area contributed by atoms with Gasteiger partial charge in [0.15, 0.2) is 5.69 Å². The lowest BCUT2D eigenvalue weighted by atomic mass is 10.1. The fraction of sp³-hybridized carbons (Fsp3) is 0.333. The van der Waals surface area contributed by atoms with Gasteiger partial charge in [-0.25, -0.2) is 9.78 Å². The smallest absolute Gasteiger partial charge is 0.356 e. The maximum Gasteiger partial charge on any atom is 0.356 e. The molecule has 1 aromatic carbocycles. The number of rotatable bonds is 6. The molecule has 0 spiro atoms. The summed E-state index contributed by atoms with van der Waals surface area (Å²) in [5, 5.41) is 10.2. The van der Waals surface area contributed by atoms with Crippen molar-refractivity contribution in [2.45, 2.75) is 26.7 Å². The van der Waals surface area contributed by atoms with Crippen LogP contribution in [0.4, 0.5) is 0 Å². The fourth-order valence-electron chi connectivity index (χ4n) is 1.92. The molecule has 1 N–H and O–H groups in total. The molecule has 0 unspecified atom stereocenters. The van der Waals surface area contributed by atoms with Crippen LogP contribution in [0.25, 0.3) is 10.4 Å². The molecule has 0 saturated heterocycles. The predicted molar refractivity (Wildman–Crippen MR) is 79.7 cm³/mol. The zero-order chi connectivity index (χ0) is 14.5. The molecule has 0 radical (unpaired) electrons. The van der Waals surface area contributed by atoms with E-state index in [9.17, 15) is 9.90 Å². The lowest BCUT2D eigenvalue weighted by molar-refractivity contribution is 0.0692. The van der Waals surface area contributed by atoms with Gasteiger partial charge in [0, 0.05) is 0 Å². The van der Waals surface area contributed by atoms with Crippen molar-refractivity contribution in [3.63, 3.8) is 0 Å². The third-order valence-electron chi connectivity index (χ3n) is 2.75. The summed E-state index contributed by atoms with van der Waals surface area (Å²) in [4.78, 5) is 16.3. The molecule has 0 fully saturated rings. The van der Waals surface area contributed by atoms with Gasteiger partial charge < -0.3 is 9.84 Å². The maximum atomic E-state index is 11.3. The van der Waals surface area contributed by atoms with E-state index in [1.165, 1.54) is 11.3 Å². The third kappa shape index (κ3) is 3.17. The van der Waals surface area contributed by atoms with Crippen LogP contribution in [-0.4, -0.2) is 22.7 Å². The van der Waals surface area contributed by atoms with E-state index in [0.29, 0.717) is 11.5 Å². The van der Waals surface area contributed by atoms with Crippen LogP contribution in [0.1, 0.15) is 35.8 Å². The number of carboxylic acid groups (broad SMARTS) is 1. The van der Waals surface area contributed by atoms with Gasteiger partial charge in [-0.3, -0.25) is 0 Å². The zero-order valence-electron chi connectivity index (χ0n) is 11.5. The number of hydrogen-bond donors (Lipinski definition) is 1. The average Bonchev–Trinajstić information content (AvgIpc) is 2.84. The summed E-state index contributed by atoms with van der Waals surface area (Å²) in [5.74, 6) is -0.243. The first-order chi connectivity index (χ1) is 9.65. The second kappa shape index (κ2) is 6.52. The van der Waals surface area contributed by atoms with E-state index in [2.05, 4.69) is 11.9 Å². The number of nitrogens with zero attached hydrogens (tertiary/aromatic N) is 1. The molecular formula is C15H17NO3S. The molecule has 0 aliphatic carbocycles. The Labute approximate surface area is 122 Å². The van der Waals surface area contributed by atoms with Crippen molar-refractivity contribution >= 4 is 17.3 Å². The number of aryl methyl sites for hydroxylation is 1. The van der Waals surface area contributed by atoms with Gasteiger partial charge in [0.05, 0.1) is 16.5 Å². The van der Waals surface area contributed by atoms with Gasteiger partial charge in [-0.2, -0.15) is 0 Å². The number of ether oxygens (including phenoxy) is 1. The lowest BCUT2D eigenvalue weighted by Gasteiger charge is -2.05. The highest BCUT2D eigenvalue weighted by Crippen LogP contribution is 2.33. The Hall–Kier alpha value is -1.88. The minimum atomic E-state index is -0.986. The first-order valence-corrected chi connectivity index (χ1v) is 7.43. The van der Waals surface area contributed by atoms with Crippen molar-refractivity contribution in [3.8, 4) is 16.2 Å². The molecule has 0 aliphatic heterocycles. The Morgan fingerprint density at radius 3 is 2.85 bits per heavy atom. The quantitative estimate of drug-likeness (QED) is 0.878. The number of aromatic carboxylic acids is 1. The van der Waals surface area contributed by atoms with Crippen molar-refractivity contribution in [2.75, 3.05) is 6.61 Å². The molecule has 2 rings (SSSR count). The van der Waals surface area contributed by atoms with Crippen LogP contribution in [0.2, 0.25) is 0 Å². The van der Waals surface area contributed by atoms with Crippen LogP contribution in [0.3, 0.4) is 0 Å². The van der Waals surface area contributed by atoms with Crippen molar-refractivity contribution < 1.29 is 14.6 Å². The van der Waals surface area contributed by atoms with Crippen molar-refractivity contribution in [1.82, 2.24) is 4.98 Å². The summed E-state index contributed by atoms with van der Waals surface area (Å²) in [7, 11) is 0. The van der Waals surface area contributed by atoms with Gasteiger partial charge in [-0.05, 0) is 37.5 Å². The second-order valence-electron chi connectivity index (χ2n) is 4.30. The minimum Gasteiger partial charge on any atom is -0.494 e. The van der Waals surface area contributed by atoms with Crippen LogP contribution >= 0.6 is 11.3 Å². The molecule has 5 heteroatoms. The highest BCUT2D eigenvalue weighted by atomic mass is 32.1. The van der Waals surface area contributed by atoms with Gasteiger partial charge in [0.2, 0.25) is 0 Å². The third-order valence-corrected chi connectivity index (χ3v) is 3.91. The molecular weight excluding hydrogens is 274 g/mol. The number of thiazole rings is 1. The summed E-state index contributed by atoms with van der Waals surface area (Å²) in [5.41, 5.74) is 0.973. The van der Waals surface area contributed by atoms with Gasteiger partial charge in [0.25, 0.3) is 0 Å². The van der Waals surface area contributed by atoms with E-state index in [1.807, 2.05) is 31.2 Å². The molecule has 0 aliphatic rings. The predicted octanol–water partition coefficient (Wildman–Crippen LogP) is 3.86. The molecule has 1 heterocycles. The molecule has 4 nitrogen and oxygen atoms in total. The summed E-state index contributed by atoms with van der Waals surface area (Å²) >= 11 is 1.44. The minimum absolute atomic E-state index is 0.132. The monoisotopic (exact) mass is 291 g/mol. The Morgan fingerprint density at radius 1 is 1.40 bits per heavy atom. The summed E-state index contributed by atoms with van der Waals surface area (Å²) < 4.78 is 5.46. The number of carbonyl (C=O) groups is 1. The van der Waals surface area contributed by atoms with E-state index in [1.54, 1.807) is 0 Å². The standard InChI is InChI=1S/C15H17NO3S/c1-3-6-12-16-13(15(17)18)14(20-12)10-7-5-8-11(9-10)19-4-2/h5,7-9H,3-4,6H2,1-2H3,(H,17,18). The number of carboxylic acids is 1. The molecule has 0 atom stereocenters. The summed E-state index contributed by atoms with van der Waals surface area (Å²) in [6.07, 6.45) is 1.75. The SMILES string of the molecule is CCCc1nc(C(=O)O)c(-c2cccc(OCC)c2)s1. The van der Waals surface area contributed by atoms with Gasteiger partial charge >= 0.3 is 5.97 Å². The first kappa shape index (κ1) is 14.5. The lowest BCUT2D eigenvalue weighted by Crippen LogP contribution is -1.99. The zero-order valence-corrected chi connectivity index (χ0v) is 12.4. The Kier molecular flexibility index (Phi) is 4.74. The largest absolute Gasteiger partial charge is 0.494 e. The normalized spacial score (nSPS) is 10.5. The number of hydrogen-bond acceptors (Lipinski definition) is 4. The Balaban J connectivity index is 2.44. The van der Waals surface area contributed by atoms with Crippen molar-refractivity contribution in [3.05, 3.63) is 35.0 Å². The van der Waals surface area contributed by atoms with E-state index in [-0.39, 0.29) is 5.69 Å². The number of aromatic nitrogens is 1. The Morgan fingerprint density at radius 2 is 2.20 bits per heavy atom. The maximum absolute atomic E-state index is 11.3. The molecule has 0 amide bonds. The molecule has 20 heavy (non-hydrogen) atoms. The van der Waals surface area contributed by atoms with Crippen molar-refractivity contribution in [1.29, 1.82) is 0 Å². The molecule has 2 aromatic rings. The van der Waals surface area contributed by atoms with Crippen LogP contribution in [0.15, 0.2) is 24.3 Å². The van der Waals surface area contributed by atoms with E-state index in [4.69, 9.17) is 4.74 Å². The summed E-state index contributed by atoms with van der Waals surface area (Å²) in [6.45, 7) is 4.55. The van der Waals surface area contributed by atoms with Crippen molar-refractivity contribution in [2.24, 2.45) is 0 Å². The molecule has 106 valence electrons. The molecule has 0 bridgehead atoms. The Bertz CT molecular complexity index is 607. The van der Waals surface area contributed by atoms with E-state index < -0.39 is 5.97 Å². The molecule has 1 aromatic heterocycles. The first-order valence-electron chi connectivity index (χ1n) is 6.62. The second-order valence-corrected chi connectivity index (χ2v) is 5.38. The topological polar surface area (TPSA) is 59.4 Å². The van der Waals surface area contributed by atoms with E-state index in [0.717, 1.165) is 29.2 Å². The van der Waals surface area contributed by atoms with Crippen LogP contribution < -0.4 is 4.74 Å². The fourth-order valence-corrected chi connectivity index (χ4v) is 3.07. The molecule has 0 saturated carbocycles. The van der Waals surface area contributed by atoms with Crippen LogP contribution in [0.5, 0.6) is 5.75 Å². The van der Waals surface area contributed by atoms with Gasteiger partial charge in [-0.1, -0.05) is 19.1 Å². The summed E-state index contributed by atoms with van der Waals surface area (Å²) in [6, 6.07) is 7.48. The van der Waals surface area contributed by atoms with Crippen LogP contribution in [0, 0.1) is 0 Å². The van der Waals surface area contributed by atoms with Crippen LogP contribution in [-0.2, 0) is 6.42 Å². The van der Waals surface area contributed by atoms with E-state index >= 15 is 0 Å².